The molecule has 6 nitrogen and oxygen atoms in total. The normalized spacial score (nSPS) is 17.4. The summed E-state index contributed by atoms with van der Waals surface area (Å²) >= 11 is 5.78. The van der Waals surface area contributed by atoms with Gasteiger partial charge in [0, 0.05) is 45.3 Å². The maximum absolute atomic E-state index is 12.3. The number of hydrogen-bond donors (Lipinski definition) is 2. The number of nitrogens with one attached hydrogen (secondary N) is 2. The van der Waals surface area contributed by atoms with Crippen molar-refractivity contribution >= 4 is 47.4 Å². The van der Waals surface area contributed by atoms with Crippen LogP contribution in [0.25, 0.3) is 0 Å². The predicted octanol–water partition coefficient (Wildman–Crippen LogP) is 2.85. The summed E-state index contributed by atoms with van der Waals surface area (Å²) < 4.78 is 0. The van der Waals surface area contributed by atoms with Crippen molar-refractivity contribution < 1.29 is 4.79 Å². The highest BCUT2D eigenvalue weighted by molar-refractivity contribution is 14.0. The topological polar surface area (TPSA) is 69.6 Å². The van der Waals surface area contributed by atoms with Gasteiger partial charge >= 0.3 is 0 Å². The summed E-state index contributed by atoms with van der Waals surface area (Å²) in [4.78, 5) is 22.6. The number of piperidine rings is 1. The first-order chi connectivity index (χ1) is 12.1. The van der Waals surface area contributed by atoms with E-state index in [1.807, 2.05) is 11.0 Å². The predicted molar refractivity (Wildman–Crippen MR) is 117 cm³/mol. The monoisotopic (exact) mass is 493 g/mol. The average molecular weight is 494 g/mol. The van der Waals surface area contributed by atoms with Crippen LogP contribution in [0, 0.1) is 0 Å². The summed E-state index contributed by atoms with van der Waals surface area (Å²) in [5.74, 6) is 0.934. The molecule has 0 aliphatic carbocycles. The molecule has 2 heterocycles. The lowest BCUT2D eigenvalue weighted by atomic mass is 10.0. The lowest BCUT2D eigenvalue weighted by Crippen LogP contribution is -2.44. The van der Waals surface area contributed by atoms with E-state index in [-0.39, 0.29) is 29.9 Å². The van der Waals surface area contributed by atoms with Gasteiger partial charge in [0.15, 0.2) is 5.96 Å². The van der Waals surface area contributed by atoms with Crippen molar-refractivity contribution in [3.05, 3.63) is 29.0 Å². The van der Waals surface area contributed by atoms with Crippen LogP contribution in [-0.2, 0) is 11.2 Å². The molecule has 0 aromatic carbocycles. The Morgan fingerprint density at radius 1 is 1.35 bits per heavy atom. The second-order valence-corrected chi connectivity index (χ2v) is 6.73. The fraction of sp³-hybridized carbons (Fsp3) is 0.611. The quantitative estimate of drug-likeness (QED) is 0.277. The Morgan fingerprint density at radius 3 is 2.77 bits per heavy atom. The Bertz CT molecular complexity index is 581. The van der Waals surface area contributed by atoms with Crippen LogP contribution in [0.1, 0.15) is 38.2 Å². The number of carbonyl (C=O) groups excluding carboxylic acids is 1. The van der Waals surface area contributed by atoms with Crippen LogP contribution in [0.2, 0.25) is 5.15 Å². The third kappa shape index (κ3) is 7.65. The Labute approximate surface area is 178 Å². The molecule has 1 aromatic heterocycles. The Balaban J connectivity index is 0.00000338. The molecular formula is C18H29ClIN5O. The van der Waals surface area contributed by atoms with Crippen LogP contribution >= 0.6 is 35.6 Å². The number of rotatable bonds is 6. The molecule has 8 heteroatoms. The molecular weight excluding hydrogens is 465 g/mol. The molecule has 1 fully saturated rings. The number of aromatic nitrogens is 1. The van der Waals surface area contributed by atoms with Crippen LogP contribution in [0.3, 0.4) is 0 Å². The number of aliphatic imine (C=N–C) groups is 1. The smallest absolute Gasteiger partial charge is 0.224 e. The number of guanidine groups is 1. The first-order valence-electron chi connectivity index (χ1n) is 8.94. The van der Waals surface area contributed by atoms with Gasteiger partial charge in [-0.3, -0.25) is 9.79 Å². The minimum absolute atomic E-state index is 0. The van der Waals surface area contributed by atoms with Crippen LogP contribution in [0.15, 0.2) is 23.3 Å². The summed E-state index contributed by atoms with van der Waals surface area (Å²) in [5, 5.41) is 6.95. The van der Waals surface area contributed by atoms with Crippen LogP contribution < -0.4 is 10.6 Å². The van der Waals surface area contributed by atoms with E-state index in [2.05, 4.69) is 27.5 Å². The SMILES string of the molecule is CN=C(NCCC(=O)N1CCCCC1C)NCCc1ccc(Cl)nc1.I. The van der Waals surface area contributed by atoms with E-state index in [1.54, 1.807) is 19.3 Å². The van der Waals surface area contributed by atoms with Crippen molar-refractivity contribution in [3.8, 4) is 0 Å². The molecule has 2 N–H and O–H groups in total. The Morgan fingerprint density at radius 2 is 2.12 bits per heavy atom. The molecule has 0 spiro atoms. The summed E-state index contributed by atoms with van der Waals surface area (Å²) in [5.41, 5.74) is 1.11. The van der Waals surface area contributed by atoms with Crippen LogP contribution in [-0.4, -0.2) is 54.5 Å². The minimum Gasteiger partial charge on any atom is -0.356 e. The molecule has 1 aliphatic rings. The number of halogens is 2. The molecule has 26 heavy (non-hydrogen) atoms. The molecule has 1 atom stereocenters. The number of hydrogen-bond acceptors (Lipinski definition) is 3. The zero-order chi connectivity index (χ0) is 18.1. The summed E-state index contributed by atoms with van der Waals surface area (Å²) in [6.45, 7) is 4.35. The minimum atomic E-state index is 0. The largest absolute Gasteiger partial charge is 0.356 e. The van der Waals surface area contributed by atoms with Gasteiger partial charge in [0.2, 0.25) is 5.91 Å². The first-order valence-corrected chi connectivity index (χ1v) is 9.32. The van der Waals surface area contributed by atoms with Gasteiger partial charge < -0.3 is 15.5 Å². The van der Waals surface area contributed by atoms with Crippen LogP contribution in [0.4, 0.5) is 0 Å². The van der Waals surface area contributed by atoms with Gasteiger partial charge in [0.25, 0.3) is 0 Å². The van der Waals surface area contributed by atoms with Gasteiger partial charge in [-0.2, -0.15) is 0 Å². The van der Waals surface area contributed by atoms with Gasteiger partial charge in [0.1, 0.15) is 5.15 Å². The number of nitrogens with zero attached hydrogens (tertiary/aromatic N) is 3. The van der Waals surface area contributed by atoms with E-state index in [9.17, 15) is 4.79 Å². The first kappa shape index (κ1) is 23.0. The van der Waals surface area contributed by atoms with Crippen LogP contribution in [0.5, 0.6) is 0 Å². The summed E-state index contributed by atoms with van der Waals surface area (Å²) in [7, 11) is 1.73. The van der Waals surface area contributed by atoms with E-state index < -0.39 is 0 Å². The molecule has 0 radical (unpaired) electrons. The number of likely N-dealkylation sites (tertiary alicyclic amines) is 1. The van der Waals surface area contributed by atoms with E-state index in [1.165, 1.54) is 6.42 Å². The second-order valence-electron chi connectivity index (χ2n) is 6.35. The lowest BCUT2D eigenvalue weighted by molar-refractivity contribution is -0.134. The second kappa shape index (κ2) is 12.3. The number of amides is 1. The molecule has 1 unspecified atom stereocenters. The highest BCUT2D eigenvalue weighted by atomic mass is 127. The molecule has 1 aromatic rings. The van der Waals surface area contributed by atoms with Gasteiger partial charge in [-0.15, -0.1) is 24.0 Å². The fourth-order valence-electron chi connectivity index (χ4n) is 3.00. The summed E-state index contributed by atoms with van der Waals surface area (Å²) in [6, 6.07) is 4.12. The zero-order valence-corrected chi connectivity index (χ0v) is 18.6. The van der Waals surface area contributed by atoms with Crippen molar-refractivity contribution in [2.75, 3.05) is 26.7 Å². The van der Waals surface area contributed by atoms with E-state index in [0.717, 1.165) is 37.9 Å². The Hall–Kier alpha value is -1.09. The molecule has 2 rings (SSSR count). The van der Waals surface area contributed by atoms with Gasteiger partial charge in [-0.25, -0.2) is 4.98 Å². The molecule has 0 bridgehead atoms. The third-order valence-electron chi connectivity index (χ3n) is 4.47. The van der Waals surface area contributed by atoms with Crippen molar-refractivity contribution in [2.45, 2.75) is 45.1 Å². The highest BCUT2D eigenvalue weighted by Gasteiger charge is 2.22. The molecule has 146 valence electrons. The highest BCUT2D eigenvalue weighted by Crippen LogP contribution is 2.16. The maximum atomic E-state index is 12.3. The molecule has 0 saturated carbocycles. The third-order valence-corrected chi connectivity index (χ3v) is 4.70. The maximum Gasteiger partial charge on any atom is 0.224 e. The molecule has 1 saturated heterocycles. The van der Waals surface area contributed by atoms with E-state index in [4.69, 9.17) is 11.6 Å². The average Bonchev–Trinajstić information content (AvgIpc) is 2.62. The van der Waals surface area contributed by atoms with Crippen molar-refractivity contribution in [1.82, 2.24) is 20.5 Å². The van der Waals surface area contributed by atoms with Gasteiger partial charge in [-0.05, 0) is 44.2 Å². The van der Waals surface area contributed by atoms with Gasteiger partial charge in [0.05, 0.1) is 0 Å². The van der Waals surface area contributed by atoms with Crippen molar-refractivity contribution in [1.29, 1.82) is 0 Å². The van der Waals surface area contributed by atoms with Crippen molar-refractivity contribution in [3.63, 3.8) is 0 Å². The van der Waals surface area contributed by atoms with E-state index >= 15 is 0 Å². The summed E-state index contributed by atoms with van der Waals surface area (Å²) in [6.07, 6.45) is 6.55. The van der Waals surface area contributed by atoms with Crippen molar-refractivity contribution in [2.24, 2.45) is 4.99 Å². The molecule has 1 amide bonds. The number of carbonyl (C=O) groups is 1. The molecule has 1 aliphatic heterocycles. The van der Waals surface area contributed by atoms with Gasteiger partial charge in [-0.1, -0.05) is 17.7 Å². The lowest BCUT2D eigenvalue weighted by Gasteiger charge is -2.33. The standard InChI is InChI=1S/C18H28ClN5O.HI/c1-14-5-3-4-12-24(14)17(25)9-11-22-18(20-2)21-10-8-15-6-7-16(19)23-13-15;/h6-7,13-14H,3-5,8-12H2,1-2H3,(H2,20,21,22);1H. The zero-order valence-electron chi connectivity index (χ0n) is 15.5. The van der Waals surface area contributed by atoms with E-state index in [0.29, 0.717) is 30.1 Å². The fourth-order valence-corrected chi connectivity index (χ4v) is 3.11. The Kier molecular flexibility index (Phi) is 10.9. The number of pyridine rings is 1.